The minimum Gasteiger partial charge on any atom is -0.397 e. The first-order chi connectivity index (χ1) is 14.0. The second kappa shape index (κ2) is 7.43. The Labute approximate surface area is 168 Å². The third-order valence-electron chi connectivity index (χ3n) is 5.38. The topological polar surface area (TPSA) is 99.5 Å². The van der Waals surface area contributed by atoms with Crippen LogP contribution in [0.2, 0.25) is 0 Å². The summed E-state index contributed by atoms with van der Waals surface area (Å²) in [6.07, 6.45) is 1.53. The van der Waals surface area contributed by atoms with E-state index in [0.717, 1.165) is 0 Å². The maximum Gasteiger partial charge on any atom is 0.295 e. The molecule has 0 bridgehead atoms. The number of hydrogen-bond donors (Lipinski definition) is 2. The number of nitrogens with zero attached hydrogens (tertiary/aromatic N) is 2. The van der Waals surface area contributed by atoms with Crippen molar-refractivity contribution in [3.05, 3.63) is 65.9 Å². The monoisotopic (exact) mass is 390 g/mol. The van der Waals surface area contributed by atoms with Crippen molar-refractivity contribution in [2.75, 3.05) is 25.4 Å². The highest BCUT2D eigenvalue weighted by Crippen LogP contribution is 2.24. The lowest BCUT2D eigenvalue weighted by Gasteiger charge is -2.39. The summed E-state index contributed by atoms with van der Waals surface area (Å²) in [4.78, 5) is 44.7. The van der Waals surface area contributed by atoms with Crippen LogP contribution in [0.25, 0.3) is 10.9 Å². The zero-order valence-corrected chi connectivity index (χ0v) is 16.1. The van der Waals surface area contributed by atoms with Crippen LogP contribution in [-0.4, -0.2) is 58.1 Å². The molecule has 1 aliphatic rings. The average molecular weight is 390 g/mol. The van der Waals surface area contributed by atoms with Gasteiger partial charge in [-0.2, -0.15) is 0 Å². The number of aromatic nitrogens is 1. The molecule has 2 amide bonds. The van der Waals surface area contributed by atoms with Crippen LogP contribution in [0, 0.1) is 0 Å². The summed E-state index contributed by atoms with van der Waals surface area (Å²) in [5, 5.41) is 0.633. The number of carbonyl (C=O) groups excluding carboxylic acids is 3. The van der Waals surface area contributed by atoms with E-state index in [1.165, 1.54) is 6.20 Å². The van der Waals surface area contributed by atoms with Crippen LogP contribution < -0.4 is 5.73 Å². The minimum absolute atomic E-state index is 0.0667. The van der Waals surface area contributed by atoms with Gasteiger partial charge in [0.2, 0.25) is 0 Å². The Bertz CT molecular complexity index is 1090. The molecule has 2 heterocycles. The van der Waals surface area contributed by atoms with Gasteiger partial charge >= 0.3 is 0 Å². The highest BCUT2D eigenvalue weighted by Gasteiger charge is 2.34. The SMILES string of the molecule is C[C@@H]1CN(C(=O)c2ccccc2)CCN1C(=O)C(=O)c1c[nH]c2c(N)cccc12. The molecule has 1 fully saturated rings. The van der Waals surface area contributed by atoms with Crippen molar-refractivity contribution < 1.29 is 14.4 Å². The van der Waals surface area contributed by atoms with Gasteiger partial charge in [0.1, 0.15) is 0 Å². The average Bonchev–Trinajstić information content (AvgIpc) is 3.18. The number of hydrogen-bond acceptors (Lipinski definition) is 4. The maximum atomic E-state index is 12.9. The van der Waals surface area contributed by atoms with E-state index < -0.39 is 11.7 Å². The van der Waals surface area contributed by atoms with Crippen LogP contribution in [0.1, 0.15) is 27.6 Å². The lowest BCUT2D eigenvalue weighted by atomic mass is 10.1. The van der Waals surface area contributed by atoms with E-state index in [1.807, 2.05) is 25.1 Å². The van der Waals surface area contributed by atoms with Crippen molar-refractivity contribution in [3.8, 4) is 0 Å². The van der Waals surface area contributed by atoms with Gasteiger partial charge in [-0.25, -0.2) is 0 Å². The maximum absolute atomic E-state index is 12.9. The predicted molar refractivity (Wildman–Crippen MR) is 111 cm³/mol. The van der Waals surface area contributed by atoms with Gasteiger partial charge < -0.3 is 20.5 Å². The van der Waals surface area contributed by atoms with Gasteiger partial charge in [-0.05, 0) is 25.1 Å². The number of aromatic amines is 1. The highest BCUT2D eigenvalue weighted by molar-refractivity contribution is 6.45. The van der Waals surface area contributed by atoms with E-state index in [2.05, 4.69) is 4.98 Å². The van der Waals surface area contributed by atoms with E-state index in [9.17, 15) is 14.4 Å². The Balaban J connectivity index is 1.49. The summed E-state index contributed by atoms with van der Waals surface area (Å²) in [5.41, 5.74) is 8.03. The van der Waals surface area contributed by atoms with Crippen LogP contribution in [0.15, 0.2) is 54.7 Å². The Kier molecular flexibility index (Phi) is 4.80. The predicted octanol–water partition coefficient (Wildman–Crippen LogP) is 2.31. The van der Waals surface area contributed by atoms with Gasteiger partial charge in [-0.3, -0.25) is 14.4 Å². The van der Waals surface area contributed by atoms with E-state index >= 15 is 0 Å². The molecule has 0 saturated carbocycles. The number of rotatable bonds is 3. The zero-order valence-electron chi connectivity index (χ0n) is 16.1. The standard InChI is InChI=1S/C22H22N4O3/c1-14-13-25(21(28)15-6-3-2-4-7-15)10-11-26(14)22(29)20(27)17-12-24-19-16(17)8-5-9-18(19)23/h2-9,12,14,24H,10-11,13,23H2,1H3/t14-/m1/s1. The molecule has 0 spiro atoms. The summed E-state index contributed by atoms with van der Waals surface area (Å²) < 4.78 is 0. The molecule has 3 N–H and O–H groups in total. The smallest absolute Gasteiger partial charge is 0.295 e. The van der Waals surface area contributed by atoms with Gasteiger partial charge in [-0.1, -0.05) is 30.3 Å². The molecule has 1 aromatic heterocycles. The highest BCUT2D eigenvalue weighted by atomic mass is 16.2. The molecule has 4 rings (SSSR count). The number of H-pyrrole nitrogens is 1. The molecule has 2 aromatic carbocycles. The molecule has 148 valence electrons. The molecule has 1 aliphatic heterocycles. The van der Waals surface area contributed by atoms with Gasteiger partial charge in [-0.15, -0.1) is 0 Å². The first-order valence-corrected chi connectivity index (χ1v) is 9.52. The second-order valence-corrected chi connectivity index (χ2v) is 7.27. The Morgan fingerprint density at radius 3 is 2.52 bits per heavy atom. The van der Waals surface area contributed by atoms with Crippen LogP contribution in [0.5, 0.6) is 0 Å². The van der Waals surface area contributed by atoms with E-state index in [-0.39, 0.29) is 11.9 Å². The molecule has 1 saturated heterocycles. The molecule has 1 atom stereocenters. The Hall–Kier alpha value is -3.61. The molecule has 3 aromatic rings. The number of fused-ring (bicyclic) bond motifs is 1. The number of para-hydroxylation sites is 1. The fourth-order valence-corrected chi connectivity index (χ4v) is 3.82. The molecule has 7 nitrogen and oxygen atoms in total. The fraction of sp³-hybridized carbons (Fsp3) is 0.227. The molecule has 0 aliphatic carbocycles. The molecule has 0 radical (unpaired) electrons. The van der Waals surface area contributed by atoms with Gasteiger partial charge in [0, 0.05) is 42.8 Å². The minimum atomic E-state index is -0.573. The third kappa shape index (κ3) is 3.35. The van der Waals surface area contributed by atoms with E-state index in [1.54, 1.807) is 40.1 Å². The zero-order chi connectivity index (χ0) is 20.5. The van der Waals surface area contributed by atoms with Gasteiger partial charge in [0.05, 0.1) is 16.8 Å². The molecule has 0 unspecified atom stereocenters. The number of piperazine rings is 1. The van der Waals surface area contributed by atoms with Crippen molar-refractivity contribution in [2.45, 2.75) is 13.0 Å². The van der Waals surface area contributed by atoms with Crippen LogP contribution >= 0.6 is 0 Å². The summed E-state index contributed by atoms with van der Waals surface area (Å²) in [6.45, 7) is 2.93. The summed E-state index contributed by atoms with van der Waals surface area (Å²) in [5.74, 6) is -1.20. The van der Waals surface area contributed by atoms with Crippen LogP contribution in [-0.2, 0) is 4.79 Å². The van der Waals surface area contributed by atoms with Crippen molar-refractivity contribution in [1.82, 2.24) is 14.8 Å². The van der Waals surface area contributed by atoms with Crippen molar-refractivity contribution >= 4 is 34.2 Å². The normalized spacial score (nSPS) is 16.8. The van der Waals surface area contributed by atoms with E-state index in [0.29, 0.717) is 47.4 Å². The second-order valence-electron chi connectivity index (χ2n) is 7.27. The van der Waals surface area contributed by atoms with Gasteiger partial charge in [0.15, 0.2) is 0 Å². The lowest BCUT2D eigenvalue weighted by molar-refractivity contribution is -0.130. The number of nitrogen functional groups attached to an aromatic ring is 1. The number of nitrogens with two attached hydrogens (primary N) is 1. The van der Waals surface area contributed by atoms with Crippen LogP contribution in [0.3, 0.4) is 0 Å². The van der Waals surface area contributed by atoms with Crippen molar-refractivity contribution in [1.29, 1.82) is 0 Å². The molecular formula is C22H22N4O3. The first kappa shape index (κ1) is 18.7. The fourth-order valence-electron chi connectivity index (χ4n) is 3.82. The van der Waals surface area contributed by atoms with E-state index in [4.69, 9.17) is 5.73 Å². The summed E-state index contributed by atoms with van der Waals surface area (Å²) in [6, 6.07) is 14.1. The number of ketones is 1. The number of amides is 2. The summed E-state index contributed by atoms with van der Waals surface area (Å²) >= 11 is 0. The largest absolute Gasteiger partial charge is 0.397 e. The molecular weight excluding hydrogens is 368 g/mol. The van der Waals surface area contributed by atoms with Crippen LogP contribution in [0.4, 0.5) is 5.69 Å². The number of carbonyl (C=O) groups is 3. The molecule has 29 heavy (non-hydrogen) atoms. The molecule has 7 heteroatoms. The number of benzene rings is 2. The third-order valence-corrected chi connectivity index (χ3v) is 5.38. The van der Waals surface area contributed by atoms with Gasteiger partial charge in [0.25, 0.3) is 17.6 Å². The van der Waals surface area contributed by atoms with Crippen molar-refractivity contribution in [2.24, 2.45) is 0 Å². The first-order valence-electron chi connectivity index (χ1n) is 9.52. The number of Topliss-reactive ketones (excluding diaryl/α,β-unsaturated/α-hetero) is 1. The lowest BCUT2D eigenvalue weighted by Crippen LogP contribution is -2.56. The summed E-state index contributed by atoms with van der Waals surface area (Å²) in [7, 11) is 0. The Morgan fingerprint density at radius 1 is 1.03 bits per heavy atom. The Morgan fingerprint density at radius 2 is 1.79 bits per heavy atom. The van der Waals surface area contributed by atoms with Crippen molar-refractivity contribution in [3.63, 3.8) is 0 Å². The number of nitrogens with one attached hydrogen (secondary N) is 1. The number of anilines is 1. The quantitative estimate of drug-likeness (QED) is 0.407.